The van der Waals surface area contributed by atoms with Crippen molar-refractivity contribution in [3.63, 3.8) is 0 Å². The molecule has 3 heteroatoms. The van der Waals surface area contributed by atoms with Crippen LogP contribution < -0.4 is 5.32 Å². The molecule has 1 aliphatic rings. The monoisotopic (exact) mass is 271 g/mol. The van der Waals surface area contributed by atoms with E-state index in [9.17, 15) is 9.59 Å². The highest BCUT2D eigenvalue weighted by Crippen LogP contribution is 2.36. The van der Waals surface area contributed by atoms with Crippen LogP contribution >= 0.6 is 0 Å². The smallest absolute Gasteiger partial charge is 0.224 e. The van der Waals surface area contributed by atoms with Crippen LogP contribution in [-0.4, -0.2) is 11.7 Å². The van der Waals surface area contributed by atoms with Crippen molar-refractivity contribution in [1.29, 1.82) is 0 Å². The van der Waals surface area contributed by atoms with E-state index in [1.165, 1.54) is 0 Å². The van der Waals surface area contributed by atoms with E-state index in [4.69, 9.17) is 0 Å². The second-order valence-electron chi connectivity index (χ2n) is 5.47. The highest BCUT2D eigenvalue weighted by atomic mass is 16.2. The maximum absolute atomic E-state index is 12.4. The number of ketones is 1. The molecule has 2 rings (SSSR count). The van der Waals surface area contributed by atoms with Crippen molar-refractivity contribution < 1.29 is 9.59 Å². The molecule has 0 aliphatic heterocycles. The number of unbranched alkanes of at least 4 members (excludes halogenated alkanes) is 1. The molecule has 0 aromatic heterocycles. The third-order valence-electron chi connectivity index (χ3n) is 3.56. The molecule has 0 heterocycles. The van der Waals surface area contributed by atoms with Gasteiger partial charge >= 0.3 is 0 Å². The van der Waals surface area contributed by atoms with Crippen LogP contribution in [0.5, 0.6) is 0 Å². The third-order valence-corrected chi connectivity index (χ3v) is 3.56. The zero-order chi connectivity index (χ0) is 14.7. The molecule has 0 fully saturated rings. The van der Waals surface area contributed by atoms with Crippen molar-refractivity contribution in [1.82, 2.24) is 5.32 Å². The largest absolute Gasteiger partial charge is 0.323 e. The Labute approximate surface area is 120 Å². The molecule has 0 atom stereocenters. The molecule has 0 unspecified atom stereocenters. The number of fused-ring (bicyclic) bond motifs is 1. The van der Waals surface area contributed by atoms with Crippen LogP contribution in [0.2, 0.25) is 0 Å². The number of benzene rings is 1. The van der Waals surface area contributed by atoms with Gasteiger partial charge in [-0.05, 0) is 23.5 Å². The number of carbonyl (C=O) groups is 2. The van der Waals surface area contributed by atoms with Gasteiger partial charge < -0.3 is 5.32 Å². The Kier molecular flexibility index (Phi) is 4.38. The second-order valence-corrected chi connectivity index (χ2v) is 5.47. The molecule has 1 aromatic carbocycles. The summed E-state index contributed by atoms with van der Waals surface area (Å²) in [5.41, 5.74) is 3.08. The second kappa shape index (κ2) is 6.04. The summed E-state index contributed by atoms with van der Waals surface area (Å²) in [6.07, 6.45) is 2.28. The lowest BCUT2D eigenvalue weighted by molar-refractivity contribution is -0.120. The van der Waals surface area contributed by atoms with E-state index in [1.54, 1.807) is 0 Å². The quantitative estimate of drug-likeness (QED) is 0.890. The number of hydrogen-bond donors (Lipinski definition) is 1. The number of amides is 1. The predicted molar refractivity (Wildman–Crippen MR) is 80.2 cm³/mol. The van der Waals surface area contributed by atoms with Gasteiger partial charge in [-0.2, -0.15) is 0 Å². The lowest BCUT2D eigenvalue weighted by Crippen LogP contribution is -2.26. The highest BCUT2D eigenvalue weighted by Gasteiger charge is 2.31. The number of Topliss-reactive ketones (excluding diaryl/α,β-unsaturated/α-hetero) is 1. The summed E-state index contributed by atoms with van der Waals surface area (Å²) in [5, 5.41) is 2.83. The van der Waals surface area contributed by atoms with E-state index in [0.29, 0.717) is 17.7 Å². The summed E-state index contributed by atoms with van der Waals surface area (Å²) in [6, 6.07) is 7.56. The van der Waals surface area contributed by atoms with Crippen LogP contribution in [0, 0.1) is 5.92 Å². The molecule has 0 radical (unpaired) electrons. The Bertz CT molecular complexity index is 570. The fourth-order valence-electron chi connectivity index (χ4n) is 2.57. The van der Waals surface area contributed by atoms with Gasteiger partial charge in [0.2, 0.25) is 11.7 Å². The first-order chi connectivity index (χ1) is 9.56. The Morgan fingerprint density at radius 1 is 1.20 bits per heavy atom. The van der Waals surface area contributed by atoms with E-state index in [0.717, 1.165) is 24.0 Å². The number of nitrogens with one attached hydrogen (secondary N) is 1. The summed E-state index contributed by atoms with van der Waals surface area (Å²) >= 11 is 0. The molecule has 1 aromatic rings. The van der Waals surface area contributed by atoms with Crippen molar-refractivity contribution in [2.45, 2.75) is 40.0 Å². The van der Waals surface area contributed by atoms with Gasteiger partial charge in [0.1, 0.15) is 0 Å². The van der Waals surface area contributed by atoms with Crippen molar-refractivity contribution >= 4 is 17.3 Å². The molecule has 1 N–H and O–H groups in total. The van der Waals surface area contributed by atoms with E-state index in [-0.39, 0.29) is 17.6 Å². The first-order valence-corrected chi connectivity index (χ1v) is 7.24. The normalized spacial score (nSPS) is 13.9. The van der Waals surface area contributed by atoms with Gasteiger partial charge in [0.25, 0.3) is 0 Å². The molecule has 1 aliphatic carbocycles. The fraction of sp³-hybridized carbons (Fsp3) is 0.412. The molecule has 0 saturated carbocycles. The van der Waals surface area contributed by atoms with Crippen molar-refractivity contribution in [2.75, 3.05) is 0 Å². The van der Waals surface area contributed by atoms with Crippen molar-refractivity contribution in [2.24, 2.45) is 5.92 Å². The van der Waals surface area contributed by atoms with E-state index < -0.39 is 0 Å². The van der Waals surface area contributed by atoms with E-state index in [1.807, 2.05) is 45.0 Å². The zero-order valence-electron chi connectivity index (χ0n) is 12.3. The first kappa shape index (κ1) is 14.5. The first-order valence-electron chi connectivity index (χ1n) is 7.24. The van der Waals surface area contributed by atoms with Crippen molar-refractivity contribution in [3.05, 3.63) is 41.1 Å². The van der Waals surface area contributed by atoms with Crippen LogP contribution in [0.4, 0.5) is 0 Å². The average Bonchev–Trinajstić information content (AvgIpc) is 2.70. The number of carbonyl (C=O) groups excluding carboxylic acids is 2. The van der Waals surface area contributed by atoms with Gasteiger partial charge in [-0.1, -0.05) is 51.5 Å². The van der Waals surface area contributed by atoms with Gasteiger partial charge in [0, 0.05) is 12.0 Å². The highest BCUT2D eigenvalue weighted by molar-refractivity contribution is 6.21. The molecule has 0 bridgehead atoms. The Morgan fingerprint density at radius 2 is 1.85 bits per heavy atom. The van der Waals surface area contributed by atoms with Crippen LogP contribution in [0.25, 0.3) is 5.57 Å². The summed E-state index contributed by atoms with van der Waals surface area (Å²) in [5.74, 6) is 0.0689. The van der Waals surface area contributed by atoms with Gasteiger partial charge in [-0.3, -0.25) is 9.59 Å². The SMILES string of the molecule is CCCCC(=O)NC1=C(C(C)C)c2ccccc2C1=O. The average molecular weight is 271 g/mol. The molecule has 0 spiro atoms. The topological polar surface area (TPSA) is 46.2 Å². The molecular formula is C17H21NO2. The van der Waals surface area contributed by atoms with Gasteiger partial charge in [-0.15, -0.1) is 0 Å². The lowest BCUT2D eigenvalue weighted by Gasteiger charge is -2.12. The lowest BCUT2D eigenvalue weighted by atomic mass is 9.96. The van der Waals surface area contributed by atoms with Gasteiger partial charge in [-0.25, -0.2) is 0 Å². The van der Waals surface area contributed by atoms with Crippen LogP contribution in [0.3, 0.4) is 0 Å². The van der Waals surface area contributed by atoms with Crippen molar-refractivity contribution in [3.8, 4) is 0 Å². The zero-order valence-corrected chi connectivity index (χ0v) is 12.3. The molecule has 1 amide bonds. The fourth-order valence-corrected chi connectivity index (χ4v) is 2.57. The minimum atomic E-state index is -0.0684. The predicted octanol–water partition coefficient (Wildman–Crippen LogP) is 3.56. The maximum atomic E-state index is 12.4. The Hall–Kier alpha value is -1.90. The summed E-state index contributed by atoms with van der Waals surface area (Å²) < 4.78 is 0. The van der Waals surface area contributed by atoms with Crippen LogP contribution in [-0.2, 0) is 4.79 Å². The van der Waals surface area contributed by atoms with E-state index in [2.05, 4.69) is 5.32 Å². The van der Waals surface area contributed by atoms with Crippen LogP contribution in [0.1, 0.15) is 56.0 Å². The molecule has 0 saturated heterocycles. The third kappa shape index (κ3) is 2.67. The number of rotatable bonds is 5. The summed E-state index contributed by atoms with van der Waals surface area (Å²) in [7, 11) is 0. The van der Waals surface area contributed by atoms with E-state index >= 15 is 0 Å². The standard InChI is InChI=1S/C17H21NO2/c1-4-5-10-14(19)18-16-15(11(2)3)12-8-6-7-9-13(12)17(16)20/h6-9,11H,4-5,10H2,1-3H3,(H,18,19,20). The number of allylic oxidation sites excluding steroid dienone is 2. The summed E-state index contributed by atoms with van der Waals surface area (Å²) in [6.45, 7) is 6.13. The number of hydrogen-bond acceptors (Lipinski definition) is 2. The molecule has 20 heavy (non-hydrogen) atoms. The molecule has 106 valence electrons. The van der Waals surface area contributed by atoms with Gasteiger partial charge in [0.15, 0.2) is 0 Å². The van der Waals surface area contributed by atoms with Gasteiger partial charge in [0.05, 0.1) is 5.70 Å². The molecular weight excluding hydrogens is 250 g/mol. The minimum absolute atomic E-state index is 0.0610. The maximum Gasteiger partial charge on any atom is 0.224 e. The Balaban J connectivity index is 2.32. The molecule has 3 nitrogen and oxygen atoms in total. The minimum Gasteiger partial charge on any atom is -0.323 e. The Morgan fingerprint density at radius 3 is 2.45 bits per heavy atom. The summed E-state index contributed by atoms with van der Waals surface area (Å²) in [4.78, 5) is 24.4. The van der Waals surface area contributed by atoms with Crippen LogP contribution in [0.15, 0.2) is 30.0 Å².